The second kappa shape index (κ2) is 6.88. The van der Waals surface area contributed by atoms with Crippen LogP contribution in [0.3, 0.4) is 0 Å². The first-order chi connectivity index (χ1) is 12.7. The SMILES string of the molecule is Cn1c(=O)c2c(ncn2CC(=O)NCC(C)(O)Cc2ccco2)n(C)c1=O. The van der Waals surface area contributed by atoms with Gasteiger partial charge in [-0.15, -0.1) is 0 Å². The Hall–Kier alpha value is -3.14. The quantitative estimate of drug-likeness (QED) is 0.578. The molecule has 3 aromatic heterocycles. The third-order valence-electron chi connectivity index (χ3n) is 4.33. The van der Waals surface area contributed by atoms with Crippen molar-refractivity contribution in [1.29, 1.82) is 0 Å². The molecular weight excluding hydrogens is 354 g/mol. The highest BCUT2D eigenvalue weighted by atomic mass is 16.3. The molecule has 2 N–H and O–H groups in total. The number of carbonyl (C=O) groups excluding carboxylic acids is 1. The number of hydrogen-bond acceptors (Lipinski definition) is 6. The van der Waals surface area contributed by atoms with Crippen molar-refractivity contribution in [3.05, 3.63) is 51.3 Å². The lowest BCUT2D eigenvalue weighted by Gasteiger charge is -2.22. The fraction of sp³-hybridized carbons (Fsp3) is 0.412. The second-order valence-corrected chi connectivity index (χ2v) is 6.78. The van der Waals surface area contributed by atoms with Gasteiger partial charge in [-0.3, -0.25) is 18.7 Å². The number of amides is 1. The molecule has 10 heteroatoms. The maximum Gasteiger partial charge on any atom is 0.332 e. The minimum absolute atomic E-state index is 0.00958. The average molecular weight is 375 g/mol. The Morgan fingerprint density at radius 1 is 1.33 bits per heavy atom. The van der Waals surface area contributed by atoms with E-state index in [4.69, 9.17) is 4.42 Å². The summed E-state index contributed by atoms with van der Waals surface area (Å²) in [7, 11) is 2.88. The van der Waals surface area contributed by atoms with E-state index in [-0.39, 0.29) is 30.7 Å². The number of aryl methyl sites for hydroxylation is 1. The number of nitrogens with zero attached hydrogens (tertiary/aromatic N) is 4. The van der Waals surface area contributed by atoms with Crippen LogP contribution in [0.5, 0.6) is 0 Å². The van der Waals surface area contributed by atoms with Crippen LogP contribution in [0.2, 0.25) is 0 Å². The van der Waals surface area contributed by atoms with E-state index in [1.807, 2.05) is 0 Å². The van der Waals surface area contributed by atoms with Crippen LogP contribution in [0.4, 0.5) is 0 Å². The van der Waals surface area contributed by atoms with Crippen molar-refractivity contribution < 1.29 is 14.3 Å². The topological polar surface area (TPSA) is 124 Å². The Bertz CT molecular complexity index is 1090. The van der Waals surface area contributed by atoms with Gasteiger partial charge in [0.25, 0.3) is 5.56 Å². The molecule has 0 aliphatic heterocycles. The summed E-state index contributed by atoms with van der Waals surface area (Å²) in [5.41, 5.74) is -1.83. The third-order valence-corrected chi connectivity index (χ3v) is 4.33. The van der Waals surface area contributed by atoms with E-state index in [0.29, 0.717) is 5.76 Å². The van der Waals surface area contributed by atoms with Gasteiger partial charge in [0.2, 0.25) is 5.91 Å². The molecule has 3 aromatic rings. The second-order valence-electron chi connectivity index (χ2n) is 6.78. The normalized spacial score (nSPS) is 13.6. The molecule has 3 heterocycles. The summed E-state index contributed by atoms with van der Waals surface area (Å²) in [6.45, 7) is 1.43. The Kier molecular flexibility index (Phi) is 4.75. The Balaban J connectivity index is 1.73. The molecule has 0 fully saturated rings. The minimum atomic E-state index is -1.19. The first-order valence-electron chi connectivity index (χ1n) is 8.32. The first kappa shape index (κ1) is 18.6. The van der Waals surface area contributed by atoms with Crippen LogP contribution in [0.25, 0.3) is 11.2 Å². The lowest BCUT2D eigenvalue weighted by Crippen LogP contribution is -2.43. The predicted molar refractivity (Wildman–Crippen MR) is 96.3 cm³/mol. The number of furan rings is 1. The van der Waals surface area contributed by atoms with Crippen LogP contribution in [-0.4, -0.2) is 41.8 Å². The molecule has 10 nitrogen and oxygen atoms in total. The van der Waals surface area contributed by atoms with Crippen molar-refractivity contribution in [1.82, 2.24) is 24.0 Å². The molecule has 0 bridgehead atoms. The summed E-state index contributed by atoms with van der Waals surface area (Å²) in [4.78, 5) is 40.6. The van der Waals surface area contributed by atoms with Crippen LogP contribution in [0.1, 0.15) is 12.7 Å². The molecule has 0 aromatic carbocycles. The Morgan fingerprint density at radius 2 is 2.07 bits per heavy atom. The largest absolute Gasteiger partial charge is 0.469 e. The number of carbonyl (C=O) groups is 1. The highest BCUT2D eigenvalue weighted by molar-refractivity contribution is 5.78. The number of fused-ring (bicyclic) bond motifs is 1. The van der Waals surface area contributed by atoms with E-state index in [1.165, 1.54) is 35.8 Å². The molecular formula is C17H21N5O5. The van der Waals surface area contributed by atoms with E-state index in [1.54, 1.807) is 19.1 Å². The number of hydrogen-bond donors (Lipinski definition) is 2. The highest BCUT2D eigenvalue weighted by Gasteiger charge is 2.24. The van der Waals surface area contributed by atoms with Crippen LogP contribution < -0.4 is 16.6 Å². The zero-order chi connectivity index (χ0) is 19.8. The Labute approximate surface area is 153 Å². The van der Waals surface area contributed by atoms with Crippen LogP contribution >= 0.6 is 0 Å². The van der Waals surface area contributed by atoms with Crippen LogP contribution in [0, 0.1) is 0 Å². The van der Waals surface area contributed by atoms with E-state index in [2.05, 4.69) is 10.3 Å². The Morgan fingerprint density at radius 3 is 2.74 bits per heavy atom. The van der Waals surface area contributed by atoms with Gasteiger partial charge >= 0.3 is 5.69 Å². The fourth-order valence-corrected chi connectivity index (χ4v) is 2.87. The molecule has 0 spiro atoms. The summed E-state index contributed by atoms with van der Waals surface area (Å²) in [6, 6.07) is 3.47. The molecule has 0 aliphatic rings. The van der Waals surface area contributed by atoms with Gasteiger partial charge in [-0.25, -0.2) is 9.78 Å². The van der Waals surface area contributed by atoms with Gasteiger partial charge in [-0.05, 0) is 19.1 Å². The molecule has 0 radical (unpaired) electrons. The van der Waals surface area contributed by atoms with Gasteiger partial charge in [-0.1, -0.05) is 0 Å². The third kappa shape index (κ3) is 3.70. The molecule has 1 atom stereocenters. The van der Waals surface area contributed by atoms with E-state index >= 15 is 0 Å². The number of imidazole rings is 1. The first-order valence-corrected chi connectivity index (χ1v) is 8.32. The van der Waals surface area contributed by atoms with Crippen LogP contribution in [0.15, 0.2) is 38.7 Å². The minimum Gasteiger partial charge on any atom is -0.469 e. The molecule has 27 heavy (non-hydrogen) atoms. The summed E-state index contributed by atoms with van der Waals surface area (Å²) in [5, 5.41) is 13.0. The molecule has 1 unspecified atom stereocenters. The lowest BCUT2D eigenvalue weighted by atomic mass is 10.0. The summed E-state index contributed by atoms with van der Waals surface area (Å²) in [5.74, 6) is 0.212. The van der Waals surface area contributed by atoms with E-state index in [9.17, 15) is 19.5 Å². The zero-order valence-corrected chi connectivity index (χ0v) is 15.3. The van der Waals surface area contributed by atoms with Crippen LogP contribution in [-0.2, 0) is 31.9 Å². The monoisotopic (exact) mass is 375 g/mol. The fourth-order valence-electron chi connectivity index (χ4n) is 2.87. The summed E-state index contributed by atoms with van der Waals surface area (Å²) in [6.07, 6.45) is 3.10. The standard InChI is InChI=1S/C17H21N5O5/c1-17(26,7-11-5-4-6-27-11)9-18-12(23)8-22-10-19-14-13(22)15(24)21(3)16(25)20(14)2/h4-6,10,26H,7-9H2,1-3H3,(H,18,23). The molecule has 3 rings (SSSR count). The van der Waals surface area contributed by atoms with Crippen molar-refractivity contribution in [3.8, 4) is 0 Å². The van der Waals surface area contributed by atoms with Crippen molar-refractivity contribution in [3.63, 3.8) is 0 Å². The van der Waals surface area contributed by atoms with E-state index in [0.717, 1.165) is 4.57 Å². The van der Waals surface area contributed by atoms with Gasteiger partial charge in [-0.2, -0.15) is 0 Å². The predicted octanol–water partition coefficient (Wildman–Crippen LogP) is -0.863. The maximum absolute atomic E-state index is 12.4. The van der Waals surface area contributed by atoms with Crippen molar-refractivity contribution in [2.45, 2.75) is 25.5 Å². The summed E-state index contributed by atoms with van der Waals surface area (Å²) < 4.78 is 8.80. The molecule has 144 valence electrons. The van der Waals surface area contributed by atoms with E-state index < -0.39 is 22.8 Å². The molecule has 0 saturated carbocycles. The average Bonchev–Trinajstić information content (AvgIpc) is 3.26. The van der Waals surface area contributed by atoms with Gasteiger partial charge in [0.1, 0.15) is 12.3 Å². The summed E-state index contributed by atoms with van der Waals surface area (Å²) >= 11 is 0. The van der Waals surface area contributed by atoms with Gasteiger partial charge in [0.05, 0.1) is 18.2 Å². The van der Waals surface area contributed by atoms with Gasteiger partial charge in [0, 0.05) is 27.1 Å². The number of nitrogens with one attached hydrogen (secondary N) is 1. The zero-order valence-electron chi connectivity index (χ0n) is 15.3. The number of aliphatic hydroxyl groups is 1. The molecule has 0 aliphatic carbocycles. The number of rotatable bonds is 6. The number of aromatic nitrogens is 4. The molecule has 0 saturated heterocycles. The van der Waals surface area contributed by atoms with Gasteiger partial charge < -0.3 is 19.4 Å². The van der Waals surface area contributed by atoms with Gasteiger partial charge in [0.15, 0.2) is 11.2 Å². The van der Waals surface area contributed by atoms with Crippen molar-refractivity contribution >= 4 is 17.1 Å². The highest BCUT2D eigenvalue weighted by Crippen LogP contribution is 2.13. The maximum atomic E-state index is 12.4. The van der Waals surface area contributed by atoms with Crippen molar-refractivity contribution in [2.75, 3.05) is 6.54 Å². The smallest absolute Gasteiger partial charge is 0.332 e. The van der Waals surface area contributed by atoms with Crippen molar-refractivity contribution in [2.24, 2.45) is 14.1 Å². The lowest BCUT2D eigenvalue weighted by molar-refractivity contribution is -0.122. The molecule has 1 amide bonds.